The van der Waals surface area contributed by atoms with Crippen molar-refractivity contribution in [2.45, 2.75) is 26.8 Å². The number of hydrogen-bond acceptors (Lipinski definition) is 5. The molecule has 0 bridgehead atoms. The van der Waals surface area contributed by atoms with Gasteiger partial charge in [0, 0.05) is 18.8 Å². The summed E-state index contributed by atoms with van der Waals surface area (Å²) in [5.74, 6) is 0.590. The van der Waals surface area contributed by atoms with Crippen molar-refractivity contribution in [3.8, 4) is 6.01 Å². The van der Waals surface area contributed by atoms with Gasteiger partial charge < -0.3 is 10.1 Å². The van der Waals surface area contributed by atoms with Crippen LogP contribution in [0.1, 0.15) is 17.8 Å². The molecule has 7 heteroatoms. The summed E-state index contributed by atoms with van der Waals surface area (Å²) in [5.41, 5.74) is 2.21. The van der Waals surface area contributed by atoms with E-state index in [-0.39, 0.29) is 0 Å². The quantitative estimate of drug-likeness (QED) is 0.829. The average Bonchev–Trinajstić information content (AvgIpc) is 2.75. The Balaban J connectivity index is 1.85. The normalized spacial score (nSPS) is 10.6. The van der Waals surface area contributed by atoms with Gasteiger partial charge in [-0.15, -0.1) is 0 Å². The first kappa shape index (κ1) is 14.6. The van der Waals surface area contributed by atoms with Gasteiger partial charge in [0.05, 0.1) is 19.0 Å². The number of nitrogens with zero attached hydrogens (tertiary/aromatic N) is 4. The molecular formula is C13H18ClN5O. The smallest absolute Gasteiger partial charge is 0.318 e. The van der Waals surface area contributed by atoms with Crippen LogP contribution in [0.15, 0.2) is 12.3 Å². The average molecular weight is 296 g/mol. The molecule has 0 aromatic carbocycles. The molecule has 20 heavy (non-hydrogen) atoms. The second-order valence-electron chi connectivity index (χ2n) is 4.48. The van der Waals surface area contributed by atoms with Gasteiger partial charge in [0.1, 0.15) is 5.02 Å². The first-order valence-electron chi connectivity index (χ1n) is 6.41. The first-order chi connectivity index (χ1) is 9.60. The van der Waals surface area contributed by atoms with Gasteiger partial charge in [-0.1, -0.05) is 11.6 Å². The Labute approximate surface area is 123 Å². The predicted molar refractivity (Wildman–Crippen MR) is 78.4 cm³/mol. The zero-order valence-corrected chi connectivity index (χ0v) is 12.6. The first-order valence-corrected chi connectivity index (χ1v) is 6.79. The fourth-order valence-corrected chi connectivity index (χ4v) is 2.07. The number of aromatic nitrogens is 4. The lowest BCUT2D eigenvalue weighted by Gasteiger charge is -2.09. The minimum Gasteiger partial charge on any atom is -0.467 e. The molecule has 0 spiro atoms. The van der Waals surface area contributed by atoms with Crippen LogP contribution in [0.5, 0.6) is 6.01 Å². The highest BCUT2D eigenvalue weighted by Gasteiger charge is 2.05. The van der Waals surface area contributed by atoms with Gasteiger partial charge in [0.2, 0.25) is 0 Å². The van der Waals surface area contributed by atoms with Crippen LogP contribution >= 0.6 is 11.6 Å². The van der Waals surface area contributed by atoms with Gasteiger partial charge in [-0.25, -0.2) is 4.98 Å². The largest absolute Gasteiger partial charge is 0.467 e. The molecule has 0 saturated heterocycles. The fraction of sp³-hybridized carbons (Fsp3) is 0.462. The molecule has 6 nitrogen and oxygen atoms in total. The van der Waals surface area contributed by atoms with Gasteiger partial charge in [0.25, 0.3) is 0 Å². The number of halogens is 1. The molecule has 0 unspecified atom stereocenters. The summed E-state index contributed by atoms with van der Waals surface area (Å²) in [6.45, 7) is 5.65. The van der Waals surface area contributed by atoms with Crippen LogP contribution in [0.2, 0.25) is 5.02 Å². The van der Waals surface area contributed by atoms with Crippen LogP contribution < -0.4 is 10.1 Å². The Morgan fingerprint density at radius 3 is 2.85 bits per heavy atom. The number of methoxy groups -OCH3 is 1. The lowest BCUT2D eigenvalue weighted by Crippen LogP contribution is -2.10. The van der Waals surface area contributed by atoms with E-state index in [4.69, 9.17) is 16.3 Å². The third-order valence-electron chi connectivity index (χ3n) is 2.85. The second-order valence-corrected chi connectivity index (χ2v) is 4.89. The maximum absolute atomic E-state index is 6.02. The van der Waals surface area contributed by atoms with E-state index < -0.39 is 0 Å². The van der Waals surface area contributed by atoms with Crippen LogP contribution in [-0.2, 0) is 6.54 Å². The molecule has 2 aromatic rings. The minimum atomic E-state index is 0.301. The van der Waals surface area contributed by atoms with Crippen LogP contribution in [0.25, 0.3) is 0 Å². The van der Waals surface area contributed by atoms with Gasteiger partial charge in [-0.2, -0.15) is 10.1 Å². The molecule has 0 aliphatic rings. The summed E-state index contributed by atoms with van der Waals surface area (Å²) in [5, 5.41) is 8.08. The Bertz CT molecular complexity index is 584. The van der Waals surface area contributed by atoms with Gasteiger partial charge >= 0.3 is 6.01 Å². The summed E-state index contributed by atoms with van der Waals surface area (Å²) < 4.78 is 6.97. The number of hydrogen-bond donors (Lipinski definition) is 1. The van der Waals surface area contributed by atoms with E-state index in [2.05, 4.69) is 33.4 Å². The Morgan fingerprint density at radius 2 is 2.20 bits per heavy atom. The van der Waals surface area contributed by atoms with Crippen molar-refractivity contribution in [1.82, 2.24) is 19.7 Å². The molecule has 2 aromatic heterocycles. The Kier molecular flexibility index (Phi) is 4.79. The SMILES string of the molecule is COc1ncc(Cl)c(NCCCn2nc(C)cc2C)n1. The topological polar surface area (TPSA) is 64.9 Å². The summed E-state index contributed by atoms with van der Waals surface area (Å²) in [4.78, 5) is 8.09. The predicted octanol–water partition coefficient (Wildman–Crippen LogP) is 2.45. The molecule has 1 N–H and O–H groups in total. The number of aryl methyl sites for hydroxylation is 3. The molecule has 0 atom stereocenters. The van der Waals surface area contributed by atoms with Crippen molar-refractivity contribution in [1.29, 1.82) is 0 Å². The van der Waals surface area contributed by atoms with Crippen molar-refractivity contribution >= 4 is 17.4 Å². The maximum atomic E-state index is 6.02. The highest BCUT2D eigenvalue weighted by atomic mass is 35.5. The van der Waals surface area contributed by atoms with Gasteiger partial charge in [-0.3, -0.25) is 4.68 Å². The molecular weight excluding hydrogens is 278 g/mol. The van der Waals surface area contributed by atoms with Crippen molar-refractivity contribution in [2.24, 2.45) is 0 Å². The number of nitrogens with one attached hydrogen (secondary N) is 1. The number of anilines is 1. The van der Waals surface area contributed by atoms with Crippen molar-refractivity contribution in [3.63, 3.8) is 0 Å². The lowest BCUT2D eigenvalue weighted by molar-refractivity contribution is 0.380. The highest BCUT2D eigenvalue weighted by molar-refractivity contribution is 6.32. The van der Waals surface area contributed by atoms with Crippen LogP contribution in [-0.4, -0.2) is 33.4 Å². The standard InChI is InChI=1S/C13H18ClN5O/c1-9-7-10(2)19(18-9)6-4-5-15-12-11(14)8-16-13(17-12)20-3/h7-8H,4-6H2,1-3H3,(H,15,16,17). The van der Waals surface area contributed by atoms with Gasteiger partial charge in [0.15, 0.2) is 5.82 Å². The van der Waals surface area contributed by atoms with Crippen LogP contribution in [0, 0.1) is 13.8 Å². The monoisotopic (exact) mass is 295 g/mol. The molecule has 0 fully saturated rings. The van der Waals surface area contributed by atoms with Gasteiger partial charge in [-0.05, 0) is 26.3 Å². The van der Waals surface area contributed by atoms with E-state index in [1.165, 1.54) is 19.0 Å². The summed E-state index contributed by atoms with van der Waals surface area (Å²) in [6.07, 6.45) is 2.45. The lowest BCUT2D eigenvalue weighted by atomic mass is 10.4. The fourth-order valence-electron chi connectivity index (χ4n) is 1.91. The number of rotatable bonds is 6. The number of ether oxygens (including phenoxy) is 1. The maximum Gasteiger partial charge on any atom is 0.318 e. The minimum absolute atomic E-state index is 0.301. The van der Waals surface area contributed by atoms with Crippen molar-refractivity contribution in [2.75, 3.05) is 19.0 Å². The van der Waals surface area contributed by atoms with Crippen molar-refractivity contribution < 1.29 is 4.74 Å². The van der Waals surface area contributed by atoms with E-state index in [0.29, 0.717) is 16.9 Å². The molecule has 0 aliphatic heterocycles. The van der Waals surface area contributed by atoms with E-state index >= 15 is 0 Å². The Hall–Kier alpha value is -1.82. The molecule has 2 rings (SSSR count). The summed E-state index contributed by atoms with van der Waals surface area (Å²) in [6, 6.07) is 2.37. The second kappa shape index (κ2) is 6.56. The summed E-state index contributed by atoms with van der Waals surface area (Å²) in [7, 11) is 1.52. The zero-order valence-electron chi connectivity index (χ0n) is 11.9. The third kappa shape index (κ3) is 3.60. The zero-order chi connectivity index (χ0) is 14.5. The summed E-state index contributed by atoms with van der Waals surface area (Å²) >= 11 is 6.02. The molecule has 0 saturated carbocycles. The molecule has 2 heterocycles. The van der Waals surface area contributed by atoms with Crippen molar-refractivity contribution in [3.05, 3.63) is 28.7 Å². The highest BCUT2D eigenvalue weighted by Crippen LogP contribution is 2.19. The Morgan fingerprint density at radius 1 is 1.40 bits per heavy atom. The van der Waals surface area contributed by atoms with E-state index in [9.17, 15) is 0 Å². The third-order valence-corrected chi connectivity index (χ3v) is 3.12. The van der Waals surface area contributed by atoms with Crippen LogP contribution in [0.3, 0.4) is 0 Å². The van der Waals surface area contributed by atoms with E-state index in [1.807, 2.05) is 11.6 Å². The molecule has 0 radical (unpaired) electrons. The van der Waals surface area contributed by atoms with E-state index in [1.54, 1.807) is 0 Å². The molecule has 0 aliphatic carbocycles. The molecule has 0 amide bonds. The molecule has 108 valence electrons. The van der Waals surface area contributed by atoms with Crippen LogP contribution in [0.4, 0.5) is 5.82 Å². The van der Waals surface area contributed by atoms with E-state index in [0.717, 1.165) is 25.2 Å².